The number of ether oxygens (including phenoxy) is 1. The number of halogens is 1. The molecule has 5 nitrogen and oxygen atoms in total. The van der Waals surface area contributed by atoms with Gasteiger partial charge in [0.2, 0.25) is 0 Å². The van der Waals surface area contributed by atoms with Crippen molar-refractivity contribution in [3.63, 3.8) is 0 Å². The van der Waals surface area contributed by atoms with E-state index in [4.69, 9.17) is 4.74 Å². The summed E-state index contributed by atoms with van der Waals surface area (Å²) >= 11 is 1.20. The van der Waals surface area contributed by atoms with E-state index in [-0.39, 0.29) is 17.3 Å². The number of benzene rings is 1. The summed E-state index contributed by atoms with van der Waals surface area (Å²) in [6.45, 7) is 7.91. The summed E-state index contributed by atoms with van der Waals surface area (Å²) in [7, 11) is 0. The topological polar surface area (TPSA) is 54.5 Å². The Morgan fingerprint density at radius 3 is 2.80 bits per heavy atom. The van der Waals surface area contributed by atoms with E-state index in [0.717, 1.165) is 26.3 Å². The normalized spacial score (nSPS) is 16.0. The first-order valence-electron chi connectivity index (χ1n) is 8.29. The fourth-order valence-electron chi connectivity index (χ4n) is 2.80. The summed E-state index contributed by atoms with van der Waals surface area (Å²) in [6.07, 6.45) is 1.50. The van der Waals surface area contributed by atoms with E-state index in [9.17, 15) is 9.18 Å². The van der Waals surface area contributed by atoms with Crippen molar-refractivity contribution in [2.45, 2.75) is 19.4 Å². The van der Waals surface area contributed by atoms with E-state index in [0.29, 0.717) is 22.0 Å². The number of carbonyl (C=O) groups is 1. The van der Waals surface area contributed by atoms with Gasteiger partial charge in [0, 0.05) is 30.7 Å². The first-order valence-corrected chi connectivity index (χ1v) is 9.11. The van der Waals surface area contributed by atoms with E-state index in [1.165, 1.54) is 23.6 Å². The maximum Gasteiger partial charge on any atom is 0.263 e. The lowest BCUT2D eigenvalue weighted by molar-refractivity contribution is -0.00922. The van der Waals surface area contributed by atoms with Gasteiger partial charge in [-0.2, -0.15) is 0 Å². The fourth-order valence-corrected chi connectivity index (χ4v) is 3.66. The Morgan fingerprint density at radius 2 is 2.08 bits per heavy atom. The van der Waals surface area contributed by atoms with Crippen LogP contribution in [0.4, 0.5) is 4.39 Å². The van der Waals surface area contributed by atoms with Crippen LogP contribution in [0.25, 0.3) is 10.6 Å². The summed E-state index contributed by atoms with van der Waals surface area (Å²) < 4.78 is 19.2. The molecule has 0 atom stereocenters. The molecule has 0 unspecified atom stereocenters. The highest BCUT2D eigenvalue weighted by molar-refractivity contribution is 7.16. The third kappa shape index (κ3) is 4.23. The average molecular weight is 363 g/mol. The molecule has 1 aliphatic rings. The molecule has 0 aliphatic carbocycles. The number of nitrogens with zero attached hydrogens (tertiary/aromatic N) is 2. The second-order valence-electron chi connectivity index (χ2n) is 6.60. The Morgan fingerprint density at radius 1 is 1.36 bits per heavy atom. The fraction of sp³-hybridized carbons (Fsp3) is 0.444. The van der Waals surface area contributed by atoms with Gasteiger partial charge in [0.1, 0.15) is 15.7 Å². The number of amides is 1. The standard InChI is InChI=1S/C18H22FN3O2S/c1-18(2,22-7-9-24-10-8-22)12-21-16(23)15-11-20-17(25-15)13-5-3-4-6-14(13)19/h3-6,11H,7-10,12H2,1-2H3,(H,21,23). The van der Waals surface area contributed by atoms with Gasteiger partial charge in [-0.15, -0.1) is 11.3 Å². The minimum atomic E-state index is -0.336. The smallest absolute Gasteiger partial charge is 0.263 e. The highest BCUT2D eigenvalue weighted by Crippen LogP contribution is 2.27. The zero-order valence-corrected chi connectivity index (χ0v) is 15.2. The second-order valence-corrected chi connectivity index (χ2v) is 7.63. The first kappa shape index (κ1) is 18.0. The van der Waals surface area contributed by atoms with Gasteiger partial charge in [0.25, 0.3) is 5.91 Å². The van der Waals surface area contributed by atoms with E-state index in [1.807, 2.05) is 0 Å². The van der Waals surface area contributed by atoms with Crippen LogP contribution in [0, 0.1) is 5.82 Å². The summed E-state index contributed by atoms with van der Waals surface area (Å²) in [5.74, 6) is -0.515. The maximum absolute atomic E-state index is 13.8. The minimum Gasteiger partial charge on any atom is -0.379 e. The van der Waals surface area contributed by atoms with Gasteiger partial charge in [-0.3, -0.25) is 9.69 Å². The molecule has 1 aromatic heterocycles. The summed E-state index contributed by atoms with van der Waals surface area (Å²) in [6, 6.07) is 6.44. The quantitative estimate of drug-likeness (QED) is 0.888. The van der Waals surface area contributed by atoms with Crippen LogP contribution in [0.1, 0.15) is 23.5 Å². The predicted molar refractivity (Wildman–Crippen MR) is 96.3 cm³/mol. The van der Waals surface area contributed by atoms with Crippen molar-refractivity contribution < 1.29 is 13.9 Å². The Bertz CT molecular complexity index is 741. The van der Waals surface area contributed by atoms with Crippen molar-refractivity contribution in [2.75, 3.05) is 32.8 Å². The summed E-state index contributed by atoms with van der Waals surface area (Å²) in [5.41, 5.74) is 0.263. The molecule has 134 valence electrons. The molecule has 0 saturated carbocycles. The molecule has 1 fully saturated rings. The van der Waals surface area contributed by atoms with E-state index in [1.54, 1.807) is 18.2 Å². The number of aromatic nitrogens is 1. The highest BCUT2D eigenvalue weighted by Gasteiger charge is 2.29. The van der Waals surface area contributed by atoms with E-state index < -0.39 is 0 Å². The second kappa shape index (κ2) is 7.59. The molecule has 2 heterocycles. The zero-order chi connectivity index (χ0) is 17.9. The van der Waals surface area contributed by atoms with Crippen molar-refractivity contribution in [3.05, 3.63) is 41.2 Å². The molecule has 3 rings (SSSR count). The van der Waals surface area contributed by atoms with E-state index in [2.05, 4.69) is 29.0 Å². The van der Waals surface area contributed by atoms with Gasteiger partial charge >= 0.3 is 0 Å². The van der Waals surface area contributed by atoms with Crippen LogP contribution in [0.5, 0.6) is 0 Å². The number of carbonyl (C=O) groups excluding carboxylic acids is 1. The summed E-state index contributed by atoms with van der Waals surface area (Å²) in [5, 5.41) is 3.48. The molecule has 1 saturated heterocycles. The Balaban J connectivity index is 1.63. The van der Waals surface area contributed by atoms with Crippen LogP contribution in [-0.2, 0) is 4.74 Å². The molecule has 0 bridgehead atoms. The lowest BCUT2D eigenvalue weighted by atomic mass is 10.0. The van der Waals surface area contributed by atoms with Crippen LogP contribution in [0.2, 0.25) is 0 Å². The third-order valence-electron chi connectivity index (χ3n) is 4.38. The number of rotatable bonds is 5. The number of morpholine rings is 1. The first-order chi connectivity index (χ1) is 12.0. The molecule has 1 N–H and O–H groups in total. The van der Waals surface area contributed by atoms with Crippen molar-refractivity contribution in [1.29, 1.82) is 0 Å². The minimum absolute atomic E-state index is 0.154. The lowest BCUT2D eigenvalue weighted by Crippen LogP contribution is -2.55. The molecule has 25 heavy (non-hydrogen) atoms. The van der Waals surface area contributed by atoms with Crippen molar-refractivity contribution >= 4 is 17.2 Å². The average Bonchev–Trinajstić information content (AvgIpc) is 3.11. The van der Waals surface area contributed by atoms with Crippen LogP contribution in [0.3, 0.4) is 0 Å². The maximum atomic E-state index is 13.8. The molecule has 1 aromatic carbocycles. The van der Waals surface area contributed by atoms with Crippen LogP contribution >= 0.6 is 11.3 Å². The lowest BCUT2D eigenvalue weighted by Gasteiger charge is -2.40. The summed E-state index contributed by atoms with van der Waals surface area (Å²) in [4.78, 5) is 19.4. The number of hydrogen-bond acceptors (Lipinski definition) is 5. The molecule has 1 aliphatic heterocycles. The van der Waals surface area contributed by atoms with Gasteiger partial charge in [-0.25, -0.2) is 9.37 Å². The van der Waals surface area contributed by atoms with Crippen LogP contribution in [-0.4, -0.2) is 54.2 Å². The number of thiazole rings is 1. The van der Waals surface area contributed by atoms with Crippen LogP contribution < -0.4 is 5.32 Å². The molecular weight excluding hydrogens is 341 g/mol. The van der Waals surface area contributed by atoms with Gasteiger partial charge < -0.3 is 10.1 Å². The molecule has 2 aromatic rings. The van der Waals surface area contributed by atoms with Gasteiger partial charge in [0.05, 0.1) is 19.4 Å². The van der Waals surface area contributed by atoms with Gasteiger partial charge in [-0.05, 0) is 26.0 Å². The number of hydrogen-bond donors (Lipinski definition) is 1. The molecular formula is C18H22FN3O2S. The molecule has 1 amide bonds. The Hall–Kier alpha value is -1.83. The number of nitrogens with one attached hydrogen (secondary N) is 1. The largest absolute Gasteiger partial charge is 0.379 e. The zero-order valence-electron chi connectivity index (χ0n) is 14.4. The van der Waals surface area contributed by atoms with Gasteiger partial charge in [0.15, 0.2) is 0 Å². The van der Waals surface area contributed by atoms with Crippen molar-refractivity contribution in [2.24, 2.45) is 0 Å². The van der Waals surface area contributed by atoms with Crippen molar-refractivity contribution in [3.8, 4) is 10.6 Å². The van der Waals surface area contributed by atoms with Gasteiger partial charge in [-0.1, -0.05) is 12.1 Å². The molecule has 0 radical (unpaired) electrons. The van der Waals surface area contributed by atoms with E-state index >= 15 is 0 Å². The molecule has 7 heteroatoms. The Kier molecular flexibility index (Phi) is 5.46. The Labute approximate surface area is 150 Å². The van der Waals surface area contributed by atoms with Crippen molar-refractivity contribution in [1.82, 2.24) is 15.2 Å². The monoisotopic (exact) mass is 363 g/mol. The van der Waals surface area contributed by atoms with Crippen LogP contribution in [0.15, 0.2) is 30.5 Å². The predicted octanol–water partition coefficient (Wildman–Crippen LogP) is 2.79. The molecule has 0 spiro atoms. The highest BCUT2D eigenvalue weighted by atomic mass is 32.1. The third-order valence-corrected chi connectivity index (χ3v) is 5.41. The SMILES string of the molecule is CC(C)(CNC(=O)c1cnc(-c2ccccc2F)s1)N1CCOCC1.